The summed E-state index contributed by atoms with van der Waals surface area (Å²) < 4.78 is 4.96. The summed E-state index contributed by atoms with van der Waals surface area (Å²) in [6.45, 7) is 3.46. The number of imide groups is 1. The van der Waals surface area contributed by atoms with Crippen molar-refractivity contribution in [1.29, 1.82) is 0 Å². The third-order valence-corrected chi connectivity index (χ3v) is 4.43. The Bertz CT molecular complexity index is 1060. The van der Waals surface area contributed by atoms with Gasteiger partial charge in [0.05, 0.1) is 5.56 Å². The highest BCUT2D eigenvalue weighted by atomic mass is 16.5. The van der Waals surface area contributed by atoms with Gasteiger partial charge in [0, 0.05) is 28.8 Å². The van der Waals surface area contributed by atoms with Crippen LogP contribution in [0.25, 0.3) is 0 Å². The van der Waals surface area contributed by atoms with Crippen LogP contribution in [0.2, 0.25) is 0 Å². The summed E-state index contributed by atoms with van der Waals surface area (Å²) in [4.78, 5) is 61.6. The largest absolute Gasteiger partial charge is 0.452 e. The first-order valence-electron chi connectivity index (χ1n) is 9.35. The first kappa shape index (κ1) is 20.9. The minimum Gasteiger partial charge on any atom is -0.452 e. The molecule has 0 saturated carbocycles. The van der Waals surface area contributed by atoms with Gasteiger partial charge in [0.1, 0.15) is 0 Å². The van der Waals surface area contributed by atoms with E-state index in [1.54, 1.807) is 18.2 Å². The molecule has 154 valence electrons. The van der Waals surface area contributed by atoms with Gasteiger partial charge in [-0.3, -0.25) is 19.7 Å². The van der Waals surface area contributed by atoms with Crippen LogP contribution in [0.5, 0.6) is 0 Å². The Labute approximate surface area is 172 Å². The predicted octanol–water partition coefficient (Wildman–Crippen LogP) is 2.10. The van der Waals surface area contributed by atoms with Gasteiger partial charge >= 0.3 is 12.0 Å². The van der Waals surface area contributed by atoms with Crippen LogP contribution in [0, 0.1) is 5.92 Å². The Kier molecular flexibility index (Phi) is 6.06. The first-order valence-corrected chi connectivity index (χ1v) is 9.35. The second-order valence-corrected chi connectivity index (χ2v) is 7.16. The Morgan fingerprint density at radius 1 is 0.900 bits per heavy atom. The lowest BCUT2D eigenvalue weighted by molar-refractivity contribution is -0.123. The number of carbonyl (C=O) groups is 5. The van der Waals surface area contributed by atoms with Gasteiger partial charge in [0.2, 0.25) is 0 Å². The monoisotopic (exact) mass is 408 g/mol. The summed E-state index contributed by atoms with van der Waals surface area (Å²) in [5, 5.41) is 4.55. The van der Waals surface area contributed by atoms with Gasteiger partial charge in [-0.25, -0.2) is 9.59 Å². The van der Waals surface area contributed by atoms with Gasteiger partial charge in [-0.2, -0.15) is 0 Å². The molecule has 0 spiro atoms. The normalized spacial score (nSPS) is 12.1. The summed E-state index contributed by atoms with van der Waals surface area (Å²) in [6, 6.07) is 9.95. The number of hydrogen-bond donors (Lipinski definition) is 2. The molecule has 0 aromatic heterocycles. The molecule has 8 heteroatoms. The number of benzene rings is 2. The van der Waals surface area contributed by atoms with Crippen LogP contribution < -0.4 is 10.6 Å². The molecule has 2 aromatic rings. The Morgan fingerprint density at radius 3 is 2.20 bits per heavy atom. The summed E-state index contributed by atoms with van der Waals surface area (Å²) in [5.74, 6) is -2.38. The third kappa shape index (κ3) is 4.27. The molecule has 0 fully saturated rings. The second kappa shape index (κ2) is 8.69. The van der Waals surface area contributed by atoms with E-state index < -0.39 is 30.3 Å². The van der Waals surface area contributed by atoms with E-state index in [1.165, 1.54) is 24.3 Å². The molecule has 0 aliphatic heterocycles. The van der Waals surface area contributed by atoms with Crippen molar-refractivity contribution >= 4 is 29.5 Å². The fraction of sp³-hybridized carbons (Fsp3) is 0.227. The van der Waals surface area contributed by atoms with Crippen LogP contribution in [0.1, 0.15) is 56.0 Å². The molecule has 2 N–H and O–H groups in total. The molecule has 1 aliphatic carbocycles. The van der Waals surface area contributed by atoms with Crippen molar-refractivity contribution in [3.63, 3.8) is 0 Å². The van der Waals surface area contributed by atoms with Crippen molar-refractivity contribution in [3.05, 3.63) is 70.3 Å². The van der Waals surface area contributed by atoms with Crippen LogP contribution >= 0.6 is 0 Å². The summed E-state index contributed by atoms with van der Waals surface area (Å²) >= 11 is 0. The lowest BCUT2D eigenvalue weighted by Crippen LogP contribution is -2.42. The van der Waals surface area contributed by atoms with Crippen molar-refractivity contribution in [2.45, 2.75) is 13.8 Å². The fourth-order valence-electron chi connectivity index (χ4n) is 3.03. The average molecular weight is 408 g/mol. The third-order valence-electron chi connectivity index (χ3n) is 4.43. The number of rotatable bonds is 5. The Balaban J connectivity index is 1.73. The number of carbonyl (C=O) groups excluding carboxylic acids is 5. The van der Waals surface area contributed by atoms with E-state index in [1.807, 2.05) is 19.2 Å². The summed E-state index contributed by atoms with van der Waals surface area (Å²) in [7, 11) is 0. The number of esters is 1. The zero-order valence-electron chi connectivity index (χ0n) is 16.5. The molecular weight excluding hydrogens is 388 g/mol. The second-order valence-electron chi connectivity index (χ2n) is 7.16. The maximum absolute atomic E-state index is 12.9. The zero-order chi connectivity index (χ0) is 21.8. The fourth-order valence-corrected chi connectivity index (χ4v) is 3.03. The minimum absolute atomic E-state index is 0.0544. The number of ether oxygens (including phenoxy) is 1. The highest BCUT2D eigenvalue weighted by Crippen LogP contribution is 2.29. The van der Waals surface area contributed by atoms with Crippen molar-refractivity contribution in [2.75, 3.05) is 13.2 Å². The van der Waals surface area contributed by atoms with Crippen molar-refractivity contribution in [2.24, 2.45) is 5.92 Å². The van der Waals surface area contributed by atoms with E-state index in [4.69, 9.17) is 4.74 Å². The van der Waals surface area contributed by atoms with E-state index in [2.05, 4.69) is 5.32 Å². The quantitative estimate of drug-likeness (QED) is 0.624. The van der Waals surface area contributed by atoms with Crippen LogP contribution in [0.15, 0.2) is 42.5 Å². The van der Waals surface area contributed by atoms with Gasteiger partial charge in [0.25, 0.3) is 5.91 Å². The highest BCUT2D eigenvalue weighted by molar-refractivity contribution is 6.30. The standard InChI is InChI=1S/C22H20N2O6/c1-12(2)10-23-22(29)24-17(25)11-30-21(28)16-9-5-8-15-18(16)20(27)14-7-4-3-6-13(14)19(15)26/h3-9,12H,10-11H2,1-2H3,(H2,23,24,25,29). The molecule has 0 heterocycles. The smallest absolute Gasteiger partial charge is 0.339 e. The van der Waals surface area contributed by atoms with Crippen molar-refractivity contribution in [1.82, 2.24) is 10.6 Å². The molecule has 3 rings (SSSR count). The van der Waals surface area contributed by atoms with Crippen LogP contribution in [0.4, 0.5) is 4.79 Å². The van der Waals surface area contributed by atoms with E-state index in [0.29, 0.717) is 6.54 Å². The first-order chi connectivity index (χ1) is 14.3. The molecule has 30 heavy (non-hydrogen) atoms. The predicted molar refractivity (Wildman–Crippen MR) is 106 cm³/mol. The van der Waals surface area contributed by atoms with Gasteiger partial charge in [-0.15, -0.1) is 0 Å². The molecule has 0 atom stereocenters. The van der Waals surface area contributed by atoms with E-state index >= 15 is 0 Å². The average Bonchev–Trinajstić information content (AvgIpc) is 2.73. The molecule has 8 nitrogen and oxygen atoms in total. The van der Waals surface area contributed by atoms with E-state index in [9.17, 15) is 24.0 Å². The molecule has 0 radical (unpaired) electrons. The maximum Gasteiger partial charge on any atom is 0.339 e. The Morgan fingerprint density at radius 2 is 1.53 bits per heavy atom. The SMILES string of the molecule is CC(C)CNC(=O)NC(=O)COC(=O)c1cccc2c1C(=O)c1ccccc1C2=O. The topological polar surface area (TPSA) is 119 Å². The molecule has 3 amide bonds. The van der Waals surface area contributed by atoms with Gasteiger partial charge in [-0.05, 0) is 12.0 Å². The number of amides is 3. The van der Waals surface area contributed by atoms with Crippen LogP contribution in [-0.4, -0.2) is 42.6 Å². The lowest BCUT2D eigenvalue weighted by atomic mass is 9.82. The molecule has 0 saturated heterocycles. The molecule has 1 aliphatic rings. The van der Waals surface area contributed by atoms with Crippen molar-refractivity contribution in [3.8, 4) is 0 Å². The van der Waals surface area contributed by atoms with Gasteiger partial charge < -0.3 is 10.1 Å². The highest BCUT2D eigenvalue weighted by Gasteiger charge is 2.33. The molecule has 0 bridgehead atoms. The lowest BCUT2D eigenvalue weighted by Gasteiger charge is -2.19. The van der Waals surface area contributed by atoms with Gasteiger partial charge in [-0.1, -0.05) is 50.2 Å². The maximum atomic E-state index is 12.9. The van der Waals surface area contributed by atoms with Crippen molar-refractivity contribution < 1.29 is 28.7 Å². The molecular formula is C22H20N2O6. The minimum atomic E-state index is -0.940. The van der Waals surface area contributed by atoms with Crippen LogP contribution in [-0.2, 0) is 9.53 Å². The number of ketones is 2. The number of nitrogens with one attached hydrogen (secondary N) is 2. The summed E-state index contributed by atoms with van der Waals surface area (Å²) in [5.41, 5.74) is 0.409. The van der Waals surface area contributed by atoms with Crippen LogP contribution in [0.3, 0.4) is 0 Å². The molecule has 2 aromatic carbocycles. The molecule has 0 unspecified atom stereocenters. The Hall–Kier alpha value is -3.81. The van der Waals surface area contributed by atoms with Gasteiger partial charge in [0.15, 0.2) is 18.2 Å². The number of urea groups is 1. The number of fused-ring (bicyclic) bond motifs is 2. The van der Waals surface area contributed by atoms with E-state index in [0.717, 1.165) is 0 Å². The number of hydrogen-bond acceptors (Lipinski definition) is 6. The summed E-state index contributed by atoms with van der Waals surface area (Å²) in [6.07, 6.45) is 0. The zero-order valence-corrected chi connectivity index (χ0v) is 16.5. The van der Waals surface area contributed by atoms with E-state index in [-0.39, 0.29) is 39.5 Å².